The van der Waals surface area contributed by atoms with Crippen LogP contribution in [0.25, 0.3) is 0 Å². The minimum atomic E-state index is -0.589. The molecule has 4 aliphatic carbocycles. The van der Waals surface area contributed by atoms with Crippen LogP contribution in [0.15, 0.2) is 24.3 Å². The monoisotopic (exact) mass is 450 g/mol. The van der Waals surface area contributed by atoms with Crippen molar-refractivity contribution in [2.45, 2.75) is 83.3 Å². The van der Waals surface area contributed by atoms with Crippen molar-refractivity contribution in [2.24, 2.45) is 40.9 Å². The van der Waals surface area contributed by atoms with Crippen LogP contribution in [0.3, 0.4) is 0 Å². The third-order valence-electron chi connectivity index (χ3n) is 10.6. The molecular weight excluding hydrogens is 408 g/mol. The van der Waals surface area contributed by atoms with Gasteiger partial charge in [0.05, 0.1) is 23.8 Å². The van der Waals surface area contributed by atoms with E-state index in [2.05, 4.69) is 31.3 Å². The van der Waals surface area contributed by atoms with Crippen molar-refractivity contribution >= 4 is 5.69 Å². The molecule has 0 amide bonds. The lowest BCUT2D eigenvalue weighted by Gasteiger charge is -2.57. The summed E-state index contributed by atoms with van der Waals surface area (Å²) in [6.07, 6.45) is 11.1. The molecule has 4 heteroatoms. The first-order chi connectivity index (χ1) is 15.9. The van der Waals surface area contributed by atoms with Crippen LogP contribution in [0.4, 0.5) is 5.69 Å². The normalized spacial score (nSPS) is 43.0. The fraction of sp³-hybridized carbons (Fsp3) is 0.759. The highest BCUT2D eigenvalue weighted by Crippen LogP contribution is 2.65. The molecule has 0 aliphatic heterocycles. The fourth-order valence-corrected chi connectivity index (χ4v) is 9.27. The van der Waals surface area contributed by atoms with Gasteiger partial charge in [0.15, 0.2) is 0 Å². The molecule has 180 valence electrons. The number of nitriles is 1. The number of benzene rings is 1. The summed E-state index contributed by atoms with van der Waals surface area (Å²) in [6, 6.07) is 10.6. The van der Waals surface area contributed by atoms with Crippen LogP contribution in [-0.2, 0) is 4.74 Å². The molecule has 4 fully saturated rings. The lowest BCUT2D eigenvalue weighted by Crippen LogP contribution is -2.52. The predicted molar refractivity (Wildman–Crippen MR) is 132 cm³/mol. The average molecular weight is 451 g/mol. The highest BCUT2D eigenvalue weighted by Gasteiger charge is 2.58. The van der Waals surface area contributed by atoms with E-state index in [0.717, 1.165) is 47.8 Å². The third-order valence-corrected chi connectivity index (χ3v) is 10.6. The zero-order chi connectivity index (χ0) is 23.2. The van der Waals surface area contributed by atoms with Crippen molar-refractivity contribution in [1.82, 2.24) is 0 Å². The molecule has 4 nitrogen and oxygen atoms in total. The molecule has 1 aromatic carbocycles. The van der Waals surface area contributed by atoms with Gasteiger partial charge in [0.2, 0.25) is 0 Å². The van der Waals surface area contributed by atoms with E-state index >= 15 is 0 Å². The van der Waals surface area contributed by atoms with Crippen molar-refractivity contribution < 1.29 is 9.84 Å². The Morgan fingerprint density at radius 2 is 1.94 bits per heavy atom. The Hall–Kier alpha value is -1.57. The van der Waals surface area contributed by atoms with Gasteiger partial charge >= 0.3 is 0 Å². The first kappa shape index (κ1) is 23.2. The van der Waals surface area contributed by atoms with Gasteiger partial charge in [0, 0.05) is 18.8 Å². The molecule has 1 aromatic rings. The van der Waals surface area contributed by atoms with E-state index in [1.165, 1.54) is 44.9 Å². The minimum absolute atomic E-state index is 0.415. The molecule has 2 N–H and O–H groups in total. The number of ether oxygens (including phenoxy) is 1. The van der Waals surface area contributed by atoms with Crippen LogP contribution in [0.5, 0.6) is 0 Å². The van der Waals surface area contributed by atoms with Crippen LogP contribution in [0.2, 0.25) is 0 Å². The second-order valence-corrected chi connectivity index (χ2v) is 12.2. The van der Waals surface area contributed by atoms with Gasteiger partial charge in [0.1, 0.15) is 0 Å². The minimum Gasteiger partial charge on any atom is -0.387 e. The van der Waals surface area contributed by atoms with Crippen molar-refractivity contribution in [3.63, 3.8) is 0 Å². The van der Waals surface area contributed by atoms with Gasteiger partial charge in [-0.3, -0.25) is 0 Å². The van der Waals surface area contributed by atoms with Crippen LogP contribution in [0, 0.1) is 52.3 Å². The van der Waals surface area contributed by atoms with Crippen LogP contribution in [-0.4, -0.2) is 30.5 Å². The zero-order valence-electron chi connectivity index (χ0n) is 20.7. The first-order valence-corrected chi connectivity index (χ1v) is 13.3. The molecule has 0 heterocycles. The maximum atomic E-state index is 11.0. The SMILES string of the molecule is COC[C@@]1(O)CC[C@H]2[C@H](CC[C@H]3C4CC[C@H]([C@@H](C)Nc5cccc(C#N)c5)[C@@]4(C)CC[C@H]23)C1. The van der Waals surface area contributed by atoms with Crippen LogP contribution >= 0.6 is 0 Å². The molecule has 4 saturated carbocycles. The highest BCUT2D eigenvalue weighted by molar-refractivity contribution is 5.49. The van der Waals surface area contributed by atoms with Gasteiger partial charge in [-0.05, 0) is 124 Å². The second kappa shape index (κ2) is 8.90. The molecule has 33 heavy (non-hydrogen) atoms. The van der Waals surface area contributed by atoms with Crippen molar-refractivity contribution in [3.05, 3.63) is 29.8 Å². The molecule has 0 saturated heterocycles. The highest BCUT2D eigenvalue weighted by atomic mass is 16.5. The van der Waals surface area contributed by atoms with E-state index in [1.54, 1.807) is 7.11 Å². The number of anilines is 1. The van der Waals surface area contributed by atoms with Crippen LogP contribution < -0.4 is 5.32 Å². The quantitative estimate of drug-likeness (QED) is 0.577. The summed E-state index contributed by atoms with van der Waals surface area (Å²) in [5.74, 6) is 4.77. The van der Waals surface area contributed by atoms with Crippen molar-refractivity contribution in [3.8, 4) is 6.07 Å². The van der Waals surface area contributed by atoms with Crippen molar-refractivity contribution in [1.29, 1.82) is 5.26 Å². The van der Waals surface area contributed by atoms with Crippen molar-refractivity contribution in [2.75, 3.05) is 19.0 Å². The number of nitrogens with one attached hydrogen (secondary N) is 1. The standard InChI is InChI=1S/C29H42N2O2/c1-19(31-22-6-4-5-20(15-22)17-30)26-9-10-27-25-8-7-21-16-29(32,18-33-3)14-12-23(21)24(25)11-13-28(26,27)2/h4-6,15,19,21,23-27,31-32H,7-14,16,18H2,1-3H3/t19-,21-,23+,24-,25-,26-,27?,28-,29-/m1/s1. The van der Waals surface area contributed by atoms with Gasteiger partial charge < -0.3 is 15.2 Å². The Balaban J connectivity index is 1.28. The Morgan fingerprint density at radius 1 is 1.12 bits per heavy atom. The molecule has 0 spiro atoms. The largest absolute Gasteiger partial charge is 0.387 e. The van der Waals surface area contributed by atoms with Gasteiger partial charge in [-0.2, -0.15) is 5.26 Å². The van der Waals surface area contributed by atoms with E-state index in [9.17, 15) is 10.4 Å². The van der Waals surface area contributed by atoms with Gasteiger partial charge in [-0.25, -0.2) is 0 Å². The van der Waals surface area contributed by atoms with E-state index in [-0.39, 0.29) is 0 Å². The van der Waals surface area contributed by atoms with Gasteiger partial charge in [-0.15, -0.1) is 0 Å². The first-order valence-electron chi connectivity index (χ1n) is 13.3. The summed E-state index contributed by atoms with van der Waals surface area (Å²) in [6.45, 7) is 5.45. The number of nitrogens with zero attached hydrogens (tertiary/aromatic N) is 1. The van der Waals surface area contributed by atoms with E-state index in [4.69, 9.17) is 4.74 Å². The van der Waals surface area contributed by atoms with E-state index < -0.39 is 5.60 Å². The number of aliphatic hydroxyl groups is 1. The Kier molecular flexibility index (Phi) is 6.25. The maximum absolute atomic E-state index is 11.0. The summed E-state index contributed by atoms with van der Waals surface area (Å²) in [4.78, 5) is 0. The molecule has 0 radical (unpaired) electrons. The molecule has 0 aromatic heterocycles. The number of fused-ring (bicyclic) bond motifs is 5. The molecule has 9 atom stereocenters. The maximum Gasteiger partial charge on any atom is 0.0992 e. The number of methoxy groups -OCH3 is 1. The lowest BCUT2D eigenvalue weighted by molar-refractivity contribution is -0.124. The summed E-state index contributed by atoms with van der Waals surface area (Å²) in [5.41, 5.74) is 1.63. The molecule has 1 unspecified atom stereocenters. The Morgan fingerprint density at radius 3 is 2.73 bits per heavy atom. The second-order valence-electron chi connectivity index (χ2n) is 12.2. The van der Waals surface area contributed by atoms with E-state index in [1.807, 2.05) is 18.2 Å². The number of rotatable bonds is 5. The van der Waals surface area contributed by atoms with E-state index in [0.29, 0.717) is 29.9 Å². The van der Waals surface area contributed by atoms with Gasteiger partial charge in [-0.1, -0.05) is 13.0 Å². The smallest absolute Gasteiger partial charge is 0.0992 e. The lowest BCUT2D eigenvalue weighted by atomic mass is 9.48. The number of hydrogen-bond acceptors (Lipinski definition) is 4. The average Bonchev–Trinajstić information content (AvgIpc) is 3.16. The number of hydrogen-bond donors (Lipinski definition) is 2. The molecular formula is C29H42N2O2. The van der Waals surface area contributed by atoms with Crippen LogP contribution in [0.1, 0.15) is 77.2 Å². The molecule has 5 rings (SSSR count). The molecule has 4 aliphatic rings. The summed E-state index contributed by atoms with van der Waals surface area (Å²) >= 11 is 0. The van der Waals surface area contributed by atoms with Gasteiger partial charge in [0.25, 0.3) is 0 Å². The Labute approximate surface area is 200 Å². The predicted octanol–water partition coefficient (Wildman–Crippen LogP) is 6.00. The summed E-state index contributed by atoms with van der Waals surface area (Å²) in [7, 11) is 1.72. The fourth-order valence-electron chi connectivity index (χ4n) is 9.27. The zero-order valence-corrected chi connectivity index (χ0v) is 20.7. The molecule has 0 bridgehead atoms. The third kappa shape index (κ3) is 4.10. The summed E-state index contributed by atoms with van der Waals surface area (Å²) < 4.78 is 5.36. The topological polar surface area (TPSA) is 65.3 Å². The summed E-state index contributed by atoms with van der Waals surface area (Å²) in [5, 5.41) is 24.0. The Bertz CT molecular complexity index is 896.